The maximum Gasteiger partial charge on any atom is 0.255 e. The standard InChI is InChI=1S/C10H12N3S.C2H6/c1-14-13-7-6-12(9-13)8-10-4-2-3-5-11-10;1-2/h2-7,9H,8H2,1H3;1-2H3/q+1;. The monoisotopic (exact) mass is 236 g/mol. The molecule has 0 radical (unpaired) electrons. The summed E-state index contributed by atoms with van der Waals surface area (Å²) in [4.78, 5) is 4.27. The molecule has 0 saturated carbocycles. The molecule has 0 aromatic carbocycles. The molecule has 0 unspecified atom stereocenters. The average molecular weight is 236 g/mol. The summed E-state index contributed by atoms with van der Waals surface area (Å²) in [5, 5.41) is 0. The van der Waals surface area contributed by atoms with Crippen molar-refractivity contribution >= 4 is 11.9 Å². The molecule has 2 aromatic heterocycles. The molecule has 0 N–H and O–H groups in total. The molecule has 3 nitrogen and oxygen atoms in total. The zero-order chi connectivity index (χ0) is 11.8. The molecule has 0 aliphatic carbocycles. The molecule has 0 fully saturated rings. The first-order valence-electron chi connectivity index (χ1n) is 5.40. The van der Waals surface area contributed by atoms with Crippen molar-refractivity contribution in [3.05, 3.63) is 48.8 Å². The smallest absolute Gasteiger partial charge is 0.255 e. The van der Waals surface area contributed by atoms with Crippen LogP contribution >= 0.6 is 11.9 Å². The van der Waals surface area contributed by atoms with Crippen molar-refractivity contribution in [1.29, 1.82) is 0 Å². The van der Waals surface area contributed by atoms with Crippen molar-refractivity contribution in [1.82, 2.24) is 8.96 Å². The molecule has 2 aromatic rings. The molecular formula is C12H18N3S+. The van der Waals surface area contributed by atoms with Gasteiger partial charge in [0.1, 0.15) is 18.9 Å². The predicted molar refractivity (Wildman–Crippen MR) is 68.2 cm³/mol. The van der Waals surface area contributed by atoms with Crippen LogP contribution in [0.15, 0.2) is 43.1 Å². The number of hydrogen-bond acceptors (Lipinski definition) is 2. The van der Waals surface area contributed by atoms with Gasteiger partial charge in [-0.2, -0.15) is 3.97 Å². The molecule has 0 spiro atoms. The second kappa shape index (κ2) is 7.06. The molecule has 2 rings (SSSR count). The minimum absolute atomic E-state index is 0.828. The van der Waals surface area contributed by atoms with Crippen molar-refractivity contribution in [3.8, 4) is 0 Å². The molecule has 0 saturated heterocycles. The van der Waals surface area contributed by atoms with E-state index in [9.17, 15) is 0 Å². The topological polar surface area (TPSA) is 21.7 Å². The summed E-state index contributed by atoms with van der Waals surface area (Å²) in [6, 6.07) is 5.97. The quantitative estimate of drug-likeness (QED) is 0.763. The average Bonchev–Trinajstić information content (AvgIpc) is 2.81. The Labute approximate surface area is 101 Å². The molecule has 0 bridgehead atoms. The maximum absolute atomic E-state index is 4.27. The van der Waals surface area contributed by atoms with E-state index >= 15 is 0 Å². The van der Waals surface area contributed by atoms with Gasteiger partial charge in [-0.05, 0) is 12.1 Å². The van der Waals surface area contributed by atoms with Crippen LogP contribution < -0.4 is 4.57 Å². The number of nitrogens with zero attached hydrogens (tertiary/aromatic N) is 3. The molecule has 16 heavy (non-hydrogen) atoms. The van der Waals surface area contributed by atoms with Crippen LogP contribution in [0.3, 0.4) is 0 Å². The van der Waals surface area contributed by atoms with E-state index in [2.05, 4.69) is 19.9 Å². The van der Waals surface area contributed by atoms with Crippen molar-refractivity contribution in [2.75, 3.05) is 6.26 Å². The normalized spacial score (nSPS) is 9.44. The lowest BCUT2D eigenvalue weighted by Crippen LogP contribution is -2.31. The van der Waals surface area contributed by atoms with E-state index in [0.29, 0.717) is 0 Å². The fourth-order valence-corrected chi connectivity index (χ4v) is 1.65. The van der Waals surface area contributed by atoms with E-state index in [1.54, 1.807) is 11.9 Å². The Morgan fingerprint density at radius 1 is 1.38 bits per heavy atom. The molecule has 0 amide bonds. The number of aromatic nitrogens is 3. The third-order valence-corrected chi connectivity index (χ3v) is 2.59. The maximum atomic E-state index is 4.27. The molecular weight excluding hydrogens is 218 g/mol. The number of imidazole rings is 1. The van der Waals surface area contributed by atoms with E-state index in [1.165, 1.54) is 0 Å². The van der Waals surface area contributed by atoms with Crippen LogP contribution in [0.2, 0.25) is 0 Å². The van der Waals surface area contributed by atoms with E-state index in [1.807, 2.05) is 56.9 Å². The van der Waals surface area contributed by atoms with Gasteiger partial charge in [-0.15, -0.1) is 0 Å². The number of rotatable bonds is 3. The molecule has 2 heterocycles. The largest absolute Gasteiger partial charge is 0.257 e. The SMILES string of the molecule is CC.CSn1cc[n+](Cc2ccccn2)c1. The van der Waals surface area contributed by atoms with Gasteiger partial charge in [-0.1, -0.05) is 19.9 Å². The third-order valence-electron chi connectivity index (χ3n) is 1.95. The van der Waals surface area contributed by atoms with Crippen LogP contribution in [0, 0.1) is 0 Å². The summed E-state index contributed by atoms with van der Waals surface area (Å²) < 4.78 is 4.17. The highest BCUT2D eigenvalue weighted by atomic mass is 32.2. The highest BCUT2D eigenvalue weighted by molar-refractivity contribution is 7.97. The first kappa shape index (κ1) is 12.8. The van der Waals surface area contributed by atoms with Crippen molar-refractivity contribution in [2.45, 2.75) is 20.4 Å². The summed E-state index contributed by atoms with van der Waals surface area (Å²) in [5.74, 6) is 0. The fraction of sp³-hybridized carbons (Fsp3) is 0.333. The van der Waals surface area contributed by atoms with E-state index in [0.717, 1.165) is 12.2 Å². The summed E-state index contributed by atoms with van der Waals surface area (Å²) in [5.41, 5.74) is 1.08. The number of hydrogen-bond donors (Lipinski definition) is 0. The molecule has 86 valence electrons. The molecule has 4 heteroatoms. The van der Waals surface area contributed by atoms with E-state index in [-0.39, 0.29) is 0 Å². The van der Waals surface area contributed by atoms with Gasteiger partial charge in [0.05, 0.1) is 17.6 Å². The summed E-state index contributed by atoms with van der Waals surface area (Å²) >= 11 is 1.68. The first-order chi connectivity index (χ1) is 7.88. The molecule has 0 aliphatic rings. The van der Waals surface area contributed by atoms with Gasteiger partial charge in [0.2, 0.25) is 0 Å². The van der Waals surface area contributed by atoms with Crippen molar-refractivity contribution < 1.29 is 4.57 Å². The van der Waals surface area contributed by atoms with Gasteiger partial charge in [0.15, 0.2) is 0 Å². The van der Waals surface area contributed by atoms with Gasteiger partial charge in [0, 0.05) is 12.5 Å². The number of pyridine rings is 1. The molecule has 0 atom stereocenters. The Morgan fingerprint density at radius 2 is 2.19 bits per heavy atom. The van der Waals surface area contributed by atoms with Crippen LogP contribution in [-0.2, 0) is 6.54 Å². The zero-order valence-corrected chi connectivity index (χ0v) is 10.8. The van der Waals surface area contributed by atoms with E-state index in [4.69, 9.17) is 0 Å². The van der Waals surface area contributed by atoms with Gasteiger partial charge in [-0.3, -0.25) is 4.98 Å². The predicted octanol–water partition coefficient (Wildman–Crippen LogP) is 2.37. The second-order valence-electron chi connectivity index (χ2n) is 2.95. The fourth-order valence-electron chi connectivity index (χ4n) is 1.25. The van der Waals surface area contributed by atoms with Gasteiger partial charge < -0.3 is 0 Å². The summed E-state index contributed by atoms with van der Waals surface area (Å²) in [7, 11) is 0. The van der Waals surface area contributed by atoms with Crippen LogP contribution in [0.5, 0.6) is 0 Å². The lowest BCUT2D eigenvalue weighted by atomic mass is 10.3. The Hall–Kier alpha value is -1.29. The van der Waals surface area contributed by atoms with Gasteiger partial charge >= 0.3 is 0 Å². The van der Waals surface area contributed by atoms with Crippen LogP contribution in [0.1, 0.15) is 19.5 Å². The van der Waals surface area contributed by atoms with Crippen LogP contribution in [-0.4, -0.2) is 15.2 Å². The van der Waals surface area contributed by atoms with Gasteiger partial charge in [-0.25, -0.2) is 4.57 Å². The zero-order valence-electron chi connectivity index (χ0n) is 10.00. The van der Waals surface area contributed by atoms with Crippen LogP contribution in [0.25, 0.3) is 0 Å². The minimum atomic E-state index is 0.828. The highest BCUT2D eigenvalue weighted by Gasteiger charge is 2.03. The van der Waals surface area contributed by atoms with Crippen molar-refractivity contribution in [2.24, 2.45) is 0 Å². The van der Waals surface area contributed by atoms with E-state index < -0.39 is 0 Å². The Bertz CT molecular complexity index is 398. The second-order valence-corrected chi connectivity index (χ2v) is 3.74. The minimum Gasteiger partial charge on any atom is -0.257 e. The summed E-state index contributed by atoms with van der Waals surface area (Å²) in [6.07, 6.45) is 10.0. The Balaban J connectivity index is 0.000000606. The van der Waals surface area contributed by atoms with Crippen LogP contribution in [0.4, 0.5) is 0 Å². The molecule has 0 aliphatic heterocycles. The third kappa shape index (κ3) is 3.70. The Morgan fingerprint density at radius 3 is 2.75 bits per heavy atom. The van der Waals surface area contributed by atoms with Crippen molar-refractivity contribution in [3.63, 3.8) is 0 Å². The van der Waals surface area contributed by atoms with Gasteiger partial charge in [0.25, 0.3) is 6.33 Å². The summed E-state index contributed by atoms with van der Waals surface area (Å²) in [6.45, 7) is 4.83. The Kier molecular flexibility index (Phi) is 5.64. The lowest BCUT2D eigenvalue weighted by molar-refractivity contribution is -0.687. The first-order valence-corrected chi connectivity index (χ1v) is 6.58. The lowest BCUT2D eigenvalue weighted by Gasteiger charge is -1.94. The highest BCUT2D eigenvalue weighted by Crippen LogP contribution is 1.98.